The molecule has 0 aliphatic carbocycles. The monoisotopic (exact) mass is 334 g/mol. The molecule has 1 rings (SSSR count). The van der Waals surface area contributed by atoms with Gasteiger partial charge in [0.15, 0.2) is 5.15 Å². The predicted octanol–water partition coefficient (Wildman–Crippen LogP) is 1.55. The second kappa shape index (κ2) is 9.77. The molecule has 104 valence electrons. The summed E-state index contributed by atoms with van der Waals surface area (Å²) in [5, 5.41) is 0.880. The van der Waals surface area contributed by atoms with Crippen molar-refractivity contribution >= 4 is 45.9 Å². The van der Waals surface area contributed by atoms with Gasteiger partial charge in [0.25, 0.3) is 0 Å². The summed E-state index contributed by atoms with van der Waals surface area (Å²) in [5.41, 5.74) is 3.69. The molecule has 3 N–H and O–H groups in total. The molecule has 1 unspecified atom stereocenters. The van der Waals surface area contributed by atoms with Gasteiger partial charge in [-0.25, -0.2) is 0 Å². The van der Waals surface area contributed by atoms with Crippen molar-refractivity contribution in [2.45, 2.75) is 6.42 Å². The summed E-state index contributed by atoms with van der Waals surface area (Å²) in [6.45, 7) is 1.33. The van der Waals surface area contributed by atoms with Gasteiger partial charge in [0.1, 0.15) is 5.02 Å². The van der Waals surface area contributed by atoms with Crippen LogP contribution >= 0.6 is 34.8 Å². The quantitative estimate of drug-likeness (QED) is 0.513. The van der Waals surface area contributed by atoms with E-state index in [0.717, 1.165) is 19.2 Å². The van der Waals surface area contributed by atoms with Crippen LogP contribution in [0, 0.1) is 0 Å². The third-order valence-electron chi connectivity index (χ3n) is 1.49. The van der Waals surface area contributed by atoms with Crippen molar-refractivity contribution in [3.63, 3.8) is 0 Å². The van der Waals surface area contributed by atoms with Gasteiger partial charge in [0, 0.05) is 6.42 Å². The minimum absolute atomic E-state index is 0.195. The summed E-state index contributed by atoms with van der Waals surface area (Å²) >= 11 is 15.4. The molecule has 18 heavy (non-hydrogen) atoms. The Bertz CT molecular complexity index is 403. The number of hydrogen-bond acceptors (Lipinski definition) is 4. The molecule has 0 saturated heterocycles. The molecule has 0 aromatic carbocycles. The van der Waals surface area contributed by atoms with Crippen molar-refractivity contribution in [1.29, 1.82) is 0 Å². The zero-order valence-electron chi connectivity index (χ0n) is 9.62. The Morgan fingerprint density at radius 1 is 1.44 bits per heavy atom. The average Bonchev–Trinajstić information content (AvgIpc) is 2.25. The molecule has 9 heteroatoms. The molecule has 0 fully saturated rings. The number of pyridine rings is 1. The van der Waals surface area contributed by atoms with E-state index in [1.165, 1.54) is 6.07 Å². The van der Waals surface area contributed by atoms with E-state index in [1.54, 1.807) is 0 Å². The van der Waals surface area contributed by atoms with Crippen molar-refractivity contribution < 1.29 is 19.2 Å². The minimum Gasteiger partial charge on any atom is -0.773 e. The number of halogens is 3. The van der Waals surface area contributed by atoms with E-state index in [0.29, 0.717) is 22.5 Å². The molecule has 0 spiro atoms. The highest BCUT2D eigenvalue weighted by Crippen LogP contribution is 2.30. The lowest BCUT2D eigenvalue weighted by Gasteiger charge is -2.06. The van der Waals surface area contributed by atoms with E-state index in [1.807, 2.05) is 0 Å². The lowest BCUT2D eigenvalue weighted by molar-refractivity contribution is -0.368. The highest BCUT2D eigenvalue weighted by molar-refractivity contribution is 7.78. The molecule has 1 aromatic heterocycles. The zero-order valence-corrected chi connectivity index (χ0v) is 12.7. The smallest absolute Gasteiger partial charge is 0.234 e. The molecule has 0 aliphatic rings. The lowest BCUT2D eigenvalue weighted by atomic mass is 10.4. The fraction of sp³-hybridized carbons (Fsp3) is 0.444. The van der Waals surface area contributed by atoms with Crippen molar-refractivity contribution in [2.75, 3.05) is 19.4 Å². The molecule has 0 aliphatic heterocycles. The lowest BCUT2D eigenvalue weighted by Crippen LogP contribution is -2.50. The van der Waals surface area contributed by atoms with Gasteiger partial charge in [0.05, 0.1) is 18.2 Å². The van der Waals surface area contributed by atoms with Gasteiger partial charge in [0.2, 0.25) is 5.88 Å². The van der Waals surface area contributed by atoms with Crippen LogP contribution < -0.4 is 10.5 Å². The van der Waals surface area contributed by atoms with E-state index in [4.69, 9.17) is 48.3 Å². The largest absolute Gasteiger partial charge is 0.773 e. The highest BCUT2D eigenvalue weighted by Gasteiger charge is 2.08. The highest BCUT2D eigenvalue weighted by atomic mass is 35.5. The summed E-state index contributed by atoms with van der Waals surface area (Å²) < 4.78 is 23.3. The number of quaternary nitrogens is 1. The maximum atomic E-state index is 9.00. The molecule has 0 radical (unpaired) electrons. The van der Waals surface area contributed by atoms with Gasteiger partial charge in [-0.2, -0.15) is 4.98 Å². The minimum atomic E-state index is -1.86. The van der Waals surface area contributed by atoms with Gasteiger partial charge in [-0.15, -0.1) is 0 Å². The topological polar surface area (TPSA) is 89.9 Å². The zero-order chi connectivity index (χ0) is 14.1. The van der Waals surface area contributed by atoms with Gasteiger partial charge in [-0.05, 0) is 12.3 Å². The van der Waals surface area contributed by atoms with Crippen LogP contribution in [0.1, 0.15) is 6.42 Å². The third-order valence-corrected chi connectivity index (χ3v) is 2.43. The first kappa shape index (κ1) is 17.9. The molecule has 5 nitrogen and oxygen atoms in total. The molecule has 1 atom stereocenters. The first-order chi connectivity index (χ1) is 8.38. The molecule has 0 amide bonds. The van der Waals surface area contributed by atoms with Crippen LogP contribution in [0.5, 0.6) is 5.88 Å². The third kappa shape index (κ3) is 8.07. The van der Waals surface area contributed by atoms with Gasteiger partial charge < -0.3 is 15.0 Å². The van der Waals surface area contributed by atoms with Crippen LogP contribution in [-0.2, 0) is 11.1 Å². The standard InChI is InChI=1S/C8H9Cl3N2O.CH4O2S/c9-5-4-6(10)8(13-7(5)11)14-3-1-2-12;1-4(2)3/h4H,1-3,12H2;1H3,(H,2,3). The second-order valence-electron chi connectivity index (χ2n) is 3.00. The molecule has 1 aromatic rings. The van der Waals surface area contributed by atoms with Gasteiger partial charge in [-0.1, -0.05) is 45.9 Å². The predicted molar refractivity (Wildman–Crippen MR) is 72.0 cm³/mol. The van der Waals surface area contributed by atoms with Crippen molar-refractivity contribution in [3.05, 3.63) is 21.3 Å². The summed E-state index contributed by atoms with van der Waals surface area (Å²) in [5.74, 6) is 0.314. The summed E-state index contributed by atoms with van der Waals surface area (Å²) in [7, 11) is 0. The Morgan fingerprint density at radius 2 is 2.00 bits per heavy atom. The van der Waals surface area contributed by atoms with E-state index >= 15 is 0 Å². The number of nitrogens with zero attached hydrogens (tertiary/aromatic N) is 1. The number of aromatic nitrogens is 1. The Hall–Kier alpha value is -0.110. The summed E-state index contributed by atoms with van der Waals surface area (Å²) in [6.07, 6.45) is 1.93. The molecule has 1 heterocycles. The van der Waals surface area contributed by atoms with Gasteiger partial charge in [-0.3, -0.25) is 4.21 Å². The number of rotatable bonds is 4. The molecular weight excluding hydrogens is 323 g/mol. The fourth-order valence-electron chi connectivity index (χ4n) is 0.801. The van der Waals surface area contributed by atoms with Crippen LogP contribution in [0.3, 0.4) is 0 Å². The van der Waals surface area contributed by atoms with Crippen LogP contribution in [-0.4, -0.2) is 33.2 Å². The van der Waals surface area contributed by atoms with E-state index in [9.17, 15) is 0 Å². The van der Waals surface area contributed by atoms with Crippen LogP contribution in [0.15, 0.2) is 6.07 Å². The Balaban J connectivity index is 0.000000631. The Kier molecular flexibility index (Phi) is 9.71. The Morgan fingerprint density at radius 3 is 2.50 bits per heavy atom. The summed E-state index contributed by atoms with van der Waals surface area (Å²) in [6, 6.07) is 1.51. The van der Waals surface area contributed by atoms with E-state index in [-0.39, 0.29) is 5.15 Å². The first-order valence-corrected chi connectivity index (χ1v) is 7.44. The fourth-order valence-corrected chi connectivity index (χ4v) is 1.35. The van der Waals surface area contributed by atoms with Crippen LogP contribution in [0.4, 0.5) is 0 Å². The number of hydrogen-bond donors (Lipinski definition) is 1. The van der Waals surface area contributed by atoms with E-state index in [2.05, 4.69) is 10.7 Å². The maximum Gasteiger partial charge on any atom is 0.234 e. The van der Waals surface area contributed by atoms with Crippen molar-refractivity contribution in [3.8, 4) is 5.88 Å². The van der Waals surface area contributed by atoms with Crippen LogP contribution in [0.2, 0.25) is 15.2 Å². The Labute approximate surface area is 123 Å². The summed E-state index contributed by atoms with van der Waals surface area (Å²) in [4.78, 5) is 3.90. The number of ether oxygens (including phenoxy) is 1. The van der Waals surface area contributed by atoms with Crippen molar-refractivity contribution in [2.24, 2.45) is 0 Å². The second-order valence-corrected chi connectivity index (χ2v) is 4.98. The van der Waals surface area contributed by atoms with E-state index < -0.39 is 11.1 Å². The average molecular weight is 336 g/mol. The SMILES string of the molecule is CS(=O)[O-].[NH3+]CCCOc1nc(Cl)c(Cl)cc1Cl. The normalized spacial score (nSPS) is 11.4. The maximum absolute atomic E-state index is 9.00. The molecule has 0 bridgehead atoms. The molecule has 0 saturated carbocycles. The van der Waals surface area contributed by atoms with Gasteiger partial charge >= 0.3 is 0 Å². The molecular formula is C9H13Cl3N2O3S. The van der Waals surface area contributed by atoms with Crippen molar-refractivity contribution in [1.82, 2.24) is 4.98 Å². The van der Waals surface area contributed by atoms with Crippen LogP contribution in [0.25, 0.3) is 0 Å². The first-order valence-electron chi connectivity index (χ1n) is 4.83.